The lowest BCUT2D eigenvalue weighted by atomic mass is 10.2. The Hall–Kier alpha value is -2.32. The van der Waals surface area contributed by atoms with Gasteiger partial charge < -0.3 is 9.73 Å². The molecule has 0 fully saturated rings. The Kier molecular flexibility index (Phi) is 4.16. The van der Waals surface area contributed by atoms with E-state index in [-0.39, 0.29) is 12.1 Å². The van der Waals surface area contributed by atoms with Gasteiger partial charge in [-0.2, -0.15) is 16.6 Å². The van der Waals surface area contributed by atoms with E-state index in [1.807, 2.05) is 35.9 Å². The molecule has 0 spiro atoms. The lowest BCUT2D eigenvalue weighted by Crippen LogP contribution is -2.23. The summed E-state index contributed by atoms with van der Waals surface area (Å²) in [5.41, 5.74) is 0.937. The molecule has 0 atom stereocenters. The van der Waals surface area contributed by atoms with Crippen LogP contribution in [0, 0.1) is 18.3 Å². The van der Waals surface area contributed by atoms with Crippen LogP contribution in [0.4, 0.5) is 0 Å². The second kappa shape index (κ2) is 6.03. The first-order valence-corrected chi connectivity index (χ1v) is 6.61. The maximum absolute atomic E-state index is 11.8. The molecule has 0 bridgehead atoms. The first-order chi connectivity index (χ1) is 9.19. The van der Waals surface area contributed by atoms with Gasteiger partial charge in [0.25, 0.3) is 5.91 Å². The molecule has 96 valence electrons. The van der Waals surface area contributed by atoms with Crippen molar-refractivity contribution >= 4 is 23.3 Å². The van der Waals surface area contributed by atoms with Gasteiger partial charge in [-0.15, -0.1) is 0 Å². The van der Waals surface area contributed by atoms with E-state index in [0.29, 0.717) is 5.76 Å². The normalized spacial score (nSPS) is 11.1. The van der Waals surface area contributed by atoms with Gasteiger partial charge in [0.1, 0.15) is 23.2 Å². The van der Waals surface area contributed by atoms with Crippen molar-refractivity contribution in [3.8, 4) is 6.07 Å². The van der Waals surface area contributed by atoms with Crippen LogP contribution >= 0.6 is 11.3 Å². The van der Waals surface area contributed by atoms with Crippen molar-refractivity contribution in [1.29, 1.82) is 5.26 Å². The van der Waals surface area contributed by atoms with Crippen molar-refractivity contribution in [1.82, 2.24) is 5.32 Å². The van der Waals surface area contributed by atoms with Crippen molar-refractivity contribution < 1.29 is 9.21 Å². The van der Waals surface area contributed by atoms with Crippen LogP contribution < -0.4 is 5.32 Å². The Morgan fingerprint density at radius 3 is 2.95 bits per heavy atom. The topological polar surface area (TPSA) is 66.0 Å². The number of thiophene rings is 1. The number of nitrogens with one attached hydrogen (secondary N) is 1. The van der Waals surface area contributed by atoms with Gasteiger partial charge in [-0.05, 0) is 47.5 Å². The van der Waals surface area contributed by atoms with E-state index in [9.17, 15) is 4.79 Å². The monoisotopic (exact) mass is 272 g/mol. The predicted octanol–water partition coefficient (Wildman–Crippen LogP) is 2.87. The fourth-order valence-electron chi connectivity index (χ4n) is 1.52. The molecular weight excluding hydrogens is 260 g/mol. The number of hydrogen-bond donors (Lipinski definition) is 1. The fourth-order valence-corrected chi connectivity index (χ4v) is 2.13. The maximum atomic E-state index is 11.8. The van der Waals surface area contributed by atoms with Crippen LogP contribution in [0.15, 0.2) is 38.9 Å². The van der Waals surface area contributed by atoms with Crippen LogP contribution in [0.25, 0.3) is 6.08 Å². The smallest absolute Gasteiger partial charge is 0.262 e. The SMILES string of the molecule is Cc1ccc(CNC(=O)/C(C#N)=C/c2ccsc2)o1. The molecule has 0 unspecified atom stereocenters. The van der Waals surface area contributed by atoms with Crippen molar-refractivity contribution in [3.63, 3.8) is 0 Å². The largest absolute Gasteiger partial charge is 0.465 e. The quantitative estimate of drug-likeness (QED) is 0.687. The molecular formula is C14H12N2O2S. The first kappa shape index (κ1) is 13.1. The molecule has 2 rings (SSSR count). The Labute approximate surface area is 115 Å². The molecule has 1 N–H and O–H groups in total. The minimum Gasteiger partial charge on any atom is -0.465 e. The van der Waals surface area contributed by atoms with Crippen molar-refractivity contribution in [3.05, 3.63) is 51.6 Å². The van der Waals surface area contributed by atoms with Gasteiger partial charge in [0.05, 0.1) is 6.54 Å². The van der Waals surface area contributed by atoms with Crippen molar-refractivity contribution in [2.75, 3.05) is 0 Å². The number of carbonyl (C=O) groups is 1. The van der Waals surface area contributed by atoms with Crippen LogP contribution in [-0.4, -0.2) is 5.91 Å². The minimum atomic E-state index is -0.400. The zero-order valence-corrected chi connectivity index (χ0v) is 11.2. The summed E-state index contributed by atoms with van der Waals surface area (Å²) in [7, 11) is 0. The Morgan fingerprint density at radius 1 is 1.53 bits per heavy atom. The molecule has 0 aliphatic heterocycles. The highest BCUT2D eigenvalue weighted by molar-refractivity contribution is 7.08. The molecule has 2 aromatic heterocycles. The van der Waals surface area contributed by atoms with Crippen molar-refractivity contribution in [2.24, 2.45) is 0 Å². The van der Waals surface area contributed by atoms with E-state index >= 15 is 0 Å². The Balaban J connectivity index is 2.00. The molecule has 0 radical (unpaired) electrons. The number of amides is 1. The van der Waals surface area contributed by atoms with Gasteiger partial charge >= 0.3 is 0 Å². The molecule has 2 heterocycles. The summed E-state index contributed by atoms with van der Waals surface area (Å²) < 4.78 is 5.34. The fraction of sp³-hybridized carbons (Fsp3) is 0.143. The summed E-state index contributed by atoms with van der Waals surface area (Å²) >= 11 is 1.52. The molecule has 0 saturated carbocycles. The molecule has 0 aliphatic carbocycles. The molecule has 0 saturated heterocycles. The highest BCUT2D eigenvalue weighted by Gasteiger charge is 2.09. The summed E-state index contributed by atoms with van der Waals surface area (Å²) in [6, 6.07) is 7.38. The molecule has 0 aromatic carbocycles. The first-order valence-electron chi connectivity index (χ1n) is 5.66. The molecule has 5 heteroatoms. The van der Waals surface area contributed by atoms with Crippen molar-refractivity contribution in [2.45, 2.75) is 13.5 Å². The number of aryl methyl sites for hydroxylation is 1. The van der Waals surface area contributed by atoms with E-state index < -0.39 is 5.91 Å². The molecule has 0 aliphatic rings. The van der Waals surface area contributed by atoms with Crippen LogP contribution in [0.1, 0.15) is 17.1 Å². The van der Waals surface area contributed by atoms with Gasteiger partial charge in [0.15, 0.2) is 0 Å². The highest BCUT2D eigenvalue weighted by atomic mass is 32.1. The van der Waals surface area contributed by atoms with E-state index in [4.69, 9.17) is 9.68 Å². The highest BCUT2D eigenvalue weighted by Crippen LogP contribution is 2.11. The van der Waals surface area contributed by atoms with Crippen LogP contribution in [0.5, 0.6) is 0 Å². The zero-order chi connectivity index (χ0) is 13.7. The molecule has 4 nitrogen and oxygen atoms in total. The zero-order valence-electron chi connectivity index (χ0n) is 10.3. The lowest BCUT2D eigenvalue weighted by molar-refractivity contribution is -0.117. The summed E-state index contributed by atoms with van der Waals surface area (Å²) in [6.07, 6.45) is 1.57. The Morgan fingerprint density at radius 2 is 2.37 bits per heavy atom. The minimum absolute atomic E-state index is 0.0849. The van der Waals surface area contributed by atoms with Crippen LogP contribution in [-0.2, 0) is 11.3 Å². The van der Waals surface area contributed by atoms with Gasteiger partial charge in [0.2, 0.25) is 0 Å². The third kappa shape index (κ3) is 3.57. The second-order valence-corrected chi connectivity index (χ2v) is 4.70. The Bertz CT molecular complexity index is 633. The second-order valence-electron chi connectivity index (χ2n) is 3.92. The predicted molar refractivity (Wildman–Crippen MR) is 73.2 cm³/mol. The number of nitrogens with zero attached hydrogens (tertiary/aromatic N) is 1. The van der Waals surface area contributed by atoms with Crippen LogP contribution in [0.2, 0.25) is 0 Å². The maximum Gasteiger partial charge on any atom is 0.262 e. The summed E-state index contributed by atoms with van der Waals surface area (Å²) in [6.45, 7) is 2.11. The van der Waals surface area contributed by atoms with Crippen LogP contribution in [0.3, 0.4) is 0 Å². The van der Waals surface area contributed by atoms with Gasteiger partial charge in [-0.3, -0.25) is 4.79 Å². The van der Waals surface area contributed by atoms with Gasteiger partial charge in [-0.1, -0.05) is 0 Å². The van der Waals surface area contributed by atoms with E-state index in [1.54, 1.807) is 12.1 Å². The average Bonchev–Trinajstić information content (AvgIpc) is 3.04. The third-order valence-electron chi connectivity index (χ3n) is 2.44. The third-order valence-corrected chi connectivity index (χ3v) is 3.14. The average molecular weight is 272 g/mol. The standard InChI is InChI=1S/C14H12N2O2S/c1-10-2-3-13(18-10)8-16-14(17)12(7-15)6-11-4-5-19-9-11/h2-6,9H,8H2,1H3,(H,16,17)/b12-6+. The number of nitriles is 1. The van der Waals surface area contributed by atoms with E-state index in [0.717, 1.165) is 11.3 Å². The molecule has 19 heavy (non-hydrogen) atoms. The summed E-state index contributed by atoms with van der Waals surface area (Å²) in [4.78, 5) is 11.8. The van der Waals surface area contributed by atoms with E-state index in [2.05, 4.69) is 5.32 Å². The number of hydrogen-bond acceptors (Lipinski definition) is 4. The van der Waals surface area contributed by atoms with Gasteiger partial charge in [0, 0.05) is 0 Å². The summed E-state index contributed by atoms with van der Waals surface area (Å²) in [5.74, 6) is 1.06. The lowest BCUT2D eigenvalue weighted by Gasteiger charge is -2.01. The van der Waals surface area contributed by atoms with Gasteiger partial charge in [-0.25, -0.2) is 0 Å². The number of carbonyl (C=O) groups excluding carboxylic acids is 1. The number of rotatable bonds is 4. The van der Waals surface area contributed by atoms with E-state index in [1.165, 1.54) is 11.3 Å². The molecule has 2 aromatic rings. The summed E-state index contributed by atoms with van der Waals surface area (Å²) in [5, 5.41) is 15.4. The molecule has 1 amide bonds. The number of furan rings is 1.